The molecule has 4 rings (SSSR count). The molecule has 0 aliphatic rings. The van der Waals surface area contributed by atoms with Crippen LogP contribution in [-0.2, 0) is 0 Å². The molecule has 0 fully saturated rings. The summed E-state index contributed by atoms with van der Waals surface area (Å²) >= 11 is 0. The number of nitrogens with two attached hydrogens (primary N) is 2. The van der Waals surface area contributed by atoms with Crippen molar-refractivity contribution in [3.63, 3.8) is 0 Å². The van der Waals surface area contributed by atoms with Crippen LogP contribution >= 0.6 is 0 Å². The van der Waals surface area contributed by atoms with E-state index in [9.17, 15) is 9.59 Å². The lowest BCUT2D eigenvalue weighted by Gasteiger charge is -2.05. The molecule has 9 nitrogen and oxygen atoms in total. The third-order valence-corrected chi connectivity index (χ3v) is 4.77. The Labute approximate surface area is 178 Å². The quantitative estimate of drug-likeness (QED) is 0.394. The maximum Gasteiger partial charge on any atom is 0.256 e. The molecule has 0 bridgehead atoms. The summed E-state index contributed by atoms with van der Waals surface area (Å²) in [5, 5.41) is 2.74. The van der Waals surface area contributed by atoms with Crippen molar-refractivity contribution in [2.75, 3.05) is 17.6 Å². The Balaban J connectivity index is 1.67. The summed E-state index contributed by atoms with van der Waals surface area (Å²) in [6, 6.07) is 12.2. The molecule has 0 radical (unpaired) electrons. The Kier molecular flexibility index (Phi) is 5.67. The van der Waals surface area contributed by atoms with Gasteiger partial charge < -0.3 is 16.8 Å². The number of nitrogens with one attached hydrogen (secondary N) is 1. The summed E-state index contributed by atoms with van der Waals surface area (Å²) in [5.41, 5.74) is 13.9. The van der Waals surface area contributed by atoms with E-state index < -0.39 is 0 Å². The topological polar surface area (TPSA) is 141 Å². The third-order valence-electron chi connectivity index (χ3n) is 4.77. The molecule has 0 atom stereocenters. The molecule has 0 saturated heterocycles. The van der Waals surface area contributed by atoms with Crippen LogP contribution in [0.5, 0.6) is 0 Å². The molecular formula is C22H21N7O2. The number of hydrogen-bond donors (Lipinski definition) is 3. The minimum absolute atomic E-state index is 0.122. The fourth-order valence-corrected chi connectivity index (χ4v) is 3.24. The van der Waals surface area contributed by atoms with Crippen LogP contribution < -0.4 is 16.8 Å². The Morgan fingerprint density at radius 2 is 1.84 bits per heavy atom. The van der Waals surface area contributed by atoms with Crippen molar-refractivity contribution in [1.29, 1.82) is 0 Å². The van der Waals surface area contributed by atoms with Gasteiger partial charge in [-0.2, -0.15) is 0 Å². The molecule has 4 aromatic rings. The largest absolute Gasteiger partial charge is 0.382 e. The number of ketones is 1. The number of imidazole rings is 1. The van der Waals surface area contributed by atoms with Crippen molar-refractivity contribution in [2.24, 2.45) is 5.73 Å². The predicted octanol–water partition coefficient (Wildman–Crippen LogP) is 2.55. The first kappa shape index (κ1) is 20.2. The van der Waals surface area contributed by atoms with Crippen LogP contribution in [0.1, 0.15) is 33.8 Å². The predicted molar refractivity (Wildman–Crippen MR) is 118 cm³/mol. The highest BCUT2D eigenvalue weighted by Crippen LogP contribution is 2.29. The minimum Gasteiger partial charge on any atom is -0.382 e. The van der Waals surface area contributed by atoms with E-state index >= 15 is 0 Å². The van der Waals surface area contributed by atoms with Gasteiger partial charge >= 0.3 is 0 Å². The van der Waals surface area contributed by atoms with Crippen LogP contribution in [0, 0.1) is 0 Å². The number of fused-ring (bicyclic) bond motifs is 1. The van der Waals surface area contributed by atoms with E-state index in [2.05, 4.69) is 20.3 Å². The van der Waals surface area contributed by atoms with Crippen molar-refractivity contribution >= 4 is 28.8 Å². The zero-order chi connectivity index (χ0) is 21.8. The molecule has 3 aromatic heterocycles. The SMILES string of the molecule is NCCCC(=O)c1nc(-c2ccc(C(=O)Nc3ccccn3)cc2)c2c(N)nccn12. The van der Waals surface area contributed by atoms with E-state index in [4.69, 9.17) is 11.5 Å². The van der Waals surface area contributed by atoms with Gasteiger partial charge in [-0.25, -0.2) is 15.0 Å². The number of hydrogen-bond acceptors (Lipinski definition) is 7. The van der Waals surface area contributed by atoms with Gasteiger partial charge in [0.2, 0.25) is 0 Å². The number of rotatable bonds is 7. The van der Waals surface area contributed by atoms with Gasteiger partial charge in [0, 0.05) is 36.1 Å². The van der Waals surface area contributed by atoms with Gasteiger partial charge in [-0.15, -0.1) is 0 Å². The monoisotopic (exact) mass is 415 g/mol. The van der Waals surface area contributed by atoms with Crippen molar-refractivity contribution < 1.29 is 9.59 Å². The van der Waals surface area contributed by atoms with Crippen LogP contribution in [0.25, 0.3) is 16.8 Å². The standard InChI is InChI=1S/C22H21N7O2/c23-10-3-4-16(30)21-28-18(19-20(24)26-12-13-29(19)21)14-6-8-15(9-7-14)22(31)27-17-5-1-2-11-25-17/h1-2,5-9,11-13H,3-4,10,23H2,(H2,24,26)(H,25,27,31). The van der Waals surface area contributed by atoms with E-state index in [0.717, 1.165) is 0 Å². The second-order valence-electron chi connectivity index (χ2n) is 6.88. The van der Waals surface area contributed by atoms with Gasteiger partial charge in [0.15, 0.2) is 11.6 Å². The lowest BCUT2D eigenvalue weighted by Crippen LogP contribution is -2.12. The number of carbonyl (C=O) groups excluding carboxylic acids is 2. The lowest BCUT2D eigenvalue weighted by molar-refractivity contribution is 0.0969. The van der Waals surface area contributed by atoms with Crippen molar-refractivity contribution in [1.82, 2.24) is 19.4 Å². The summed E-state index contributed by atoms with van der Waals surface area (Å²) < 4.78 is 1.65. The average molecular weight is 415 g/mol. The van der Waals surface area contributed by atoms with E-state index in [1.165, 1.54) is 6.20 Å². The normalized spacial score (nSPS) is 10.9. The molecule has 0 aliphatic carbocycles. The van der Waals surface area contributed by atoms with Crippen LogP contribution in [0.2, 0.25) is 0 Å². The number of aromatic nitrogens is 4. The molecule has 0 spiro atoms. The molecule has 1 amide bonds. The zero-order valence-corrected chi connectivity index (χ0v) is 16.7. The van der Waals surface area contributed by atoms with Crippen LogP contribution in [0.4, 0.5) is 11.6 Å². The van der Waals surface area contributed by atoms with Crippen molar-refractivity contribution in [2.45, 2.75) is 12.8 Å². The summed E-state index contributed by atoms with van der Waals surface area (Å²) in [6.45, 7) is 0.424. The van der Waals surface area contributed by atoms with E-state index in [0.29, 0.717) is 47.5 Å². The first-order valence-electron chi connectivity index (χ1n) is 9.77. The van der Waals surface area contributed by atoms with Gasteiger partial charge in [-0.1, -0.05) is 18.2 Å². The molecule has 0 unspecified atom stereocenters. The Hall–Kier alpha value is -4.11. The third kappa shape index (κ3) is 4.12. The fraction of sp³-hybridized carbons (Fsp3) is 0.136. The highest BCUT2D eigenvalue weighted by Gasteiger charge is 2.20. The lowest BCUT2D eigenvalue weighted by atomic mass is 10.1. The summed E-state index contributed by atoms with van der Waals surface area (Å²) in [4.78, 5) is 37.9. The molecule has 5 N–H and O–H groups in total. The Bertz CT molecular complexity index is 1230. The van der Waals surface area contributed by atoms with Gasteiger partial charge in [-0.05, 0) is 37.2 Å². The van der Waals surface area contributed by atoms with E-state index in [-0.39, 0.29) is 23.3 Å². The Morgan fingerprint density at radius 3 is 2.55 bits per heavy atom. The van der Waals surface area contributed by atoms with E-state index in [1.807, 2.05) is 0 Å². The number of nitrogens with zero attached hydrogens (tertiary/aromatic N) is 4. The molecule has 0 saturated carbocycles. The van der Waals surface area contributed by atoms with Crippen LogP contribution in [0.3, 0.4) is 0 Å². The van der Waals surface area contributed by atoms with Crippen LogP contribution in [-0.4, -0.2) is 37.6 Å². The first-order valence-corrected chi connectivity index (χ1v) is 9.77. The molecular weight excluding hydrogens is 394 g/mol. The second kappa shape index (κ2) is 8.72. The molecule has 0 aliphatic heterocycles. The van der Waals surface area contributed by atoms with Gasteiger partial charge in [0.1, 0.15) is 22.8 Å². The van der Waals surface area contributed by atoms with Gasteiger partial charge in [0.05, 0.1) is 0 Å². The summed E-state index contributed by atoms with van der Waals surface area (Å²) in [6.07, 6.45) is 5.66. The number of Topliss-reactive ketones (excluding diaryl/α,β-unsaturated/α-hetero) is 1. The summed E-state index contributed by atoms with van der Waals surface area (Å²) in [7, 11) is 0. The smallest absolute Gasteiger partial charge is 0.256 e. The second-order valence-corrected chi connectivity index (χ2v) is 6.88. The Morgan fingerprint density at radius 1 is 1.03 bits per heavy atom. The molecule has 156 valence electrons. The fourth-order valence-electron chi connectivity index (χ4n) is 3.24. The zero-order valence-electron chi connectivity index (χ0n) is 16.7. The van der Waals surface area contributed by atoms with Gasteiger partial charge in [0.25, 0.3) is 5.91 Å². The van der Waals surface area contributed by atoms with Crippen molar-refractivity contribution in [3.05, 3.63) is 72.4 Å². The van der Waals surface area contributed by atoms with Crippen molar-refractivity contribution in [3.8, 4) is 11.3 Å². The number of benzene rings is 1. The number of pyridine rings is 1. The number of nitrogen functional groups attached to an aromatic ring is 1. The number of anilines is 2. The maximum absolute atomic E-state index is 12.6. The van der Waals surface area contributed by atoms with E-state index in [1.54, 1.807) is 59.3 Å². The minimum atomic E-state index is -0.279. The molecule has 1 aromatic carbocycles. The van der Waals surface area contributed by atoms with Gasteiger partial charge in [-0.3, -0.25) is 14.0 Å². The first-order chi connectivity index (χ1) is 15.1. The van der Waals surface area contributed by atoms with Crippen LogP contribution in [0.15, 0.2) is 61.1 Å². The maximum atomic E-state index is 12.6. The average Bonchev–Trinajstić information content (AvgIpc) is 3.19. The molecule has 31 heavy (non-hydrogen) atoms. The summed E-state index contributed by atoms with van der Waals surface area (Å²) in [5.74, 6) is 0.614. The highest BCUT2D eigenvalue weighted by atomic mass is 16.1. The number of carbonyl (C=O) groups is 2. The molecule has 3 heterocycles. The highest BCUT2D eigenvalue weighted by molar-refractivity contribution is 6.04. The molecule has 9 heteroatoms. The number of amides is 1.